The fourth-order valence-corrected chi connectivity index (χ4v) is 3.67. The van der Waals surface area contributed by atoms with Gasteiger partial charge >= 0.3 is 12.5 Å². The highest BCUT2D eigenvalue weighted by molar-refractivity contribution is 5.96. The highest BCUT2D eigenvalue weighted by Crippen LogP contribution is 2.29. The average molecular weight is 536 g/mol. The van der Waals surface area contributed by atoms with Crippen LogP contribution in [0.1, 0.15) is 48.7 Å². The van der Waals surface area contributed by atoms with Crippen molar-refractivity contribution >= 4 is 11.9 Å². The SMILES string of the molecule is CC(C)COC(=O)NC(CCC(=O)c1c(F)cccc1F)c1ccc(-c2ccc(OC(F)(F)F)cc2)cc1. The van der Waals surface area contributed by atoms with Crippen LogP contribution in [0.2, 0.25) is 0 Å². The summed E-state index contributed by atoms with van der Waals surface area (Å²) in [6, 6.07) is 14.5. The van der Waals surface area contributed by atoms with Gasteiger partial charge < -0.3 is 14.8 Å². The molecule has 0 aliphatic heterocycles. The lowest BCUT2D eigenvalue weighted by Gasteiger charge is -2.20. The van der Waals surface area contributed by atoms with E-state index < -0.39 is 41.5 Å². The number of amides is 1. The van der Waals surface area contributed by atoms with E-state index in [1.807, 2.05) is 13.8 Å². The highest BCUT2D eigenvalue weighted by atomic mass is 19.4. The largest absolute Gasteiger partial charge is 0.573 e. The number of hydrogen-bond acceptors (Lipinski definition) is 4. The zero-order valence-electron chi connectivity index (χ0n) is 20.6. The van der Waals surface area contributed by atoms with E-state index in [2.05, 4.69) is 10.1 Å². The number of alkyl carbamates (subject to hydrolysis) is 1. The Morgan fingerprint density at radius 1 is 0.868 bits per heavy atom. The number of hydrogen-bond donors (Lipinski definition) is 1. The summed E-state index contributed by atoms with van der Waals surface area (Å²) in [5.41, 5.74) is 1.26. The molecule has 0 bridgehead atoms. The molecule has 0 heterocycles. The van der Waals surface area contributed by atoms with Crippen molar-refractivity contribution in [3.63, 3.8) is 0 Å². The van der Waals surface area contributed by atoms with E-state index in [0.29, 0.717) is 16.7 Å². The standard InChI is InChI=1S/C28H26F5NO4/c1-17(2)16-37-27(36)34-24(14-15-25(35)26-22(29)4-3-5-23(26)30)20-8-6-18(7-9-20)19-10-12-21(13-11-19)38-28(31,32)33/h3-13,17,24H,14-16H2,1-2H3,(H,34,36). The van der Waals surface area contributed by atoms with Crippen molar-refractivity contribution in [1.29, 1.82) is 0 Å². The molecule has 0 radical (unpaired) electrons. The summed E-state index contributed by atoms with van der Waals surface area (Å²) in [7, 11) is 0. The summed E-state index contributed by atoms with van der Waals surface area (Å²) < 4.78 is 74.3. The van der Waals surface area contributed by atoms with Crippen molar-refractivity contribution in [2.24, 2.45) is 5.92 Å². The van der Waals surface area contributed by atoms with Crippen LogP contribution in [0.15, 0.2) is 66.7 Å². The normalized spacial score (nSPS) is 12.2. The summed E-state index contributed by atoms with van der Waals surface area (Å²) >= 11 is 0. The maximum absolute atomic E-state index is 14.0. The van der Waals surface area contributed by atoms with Gasteiger partial charge in [0.2, 0.25) is 0 Å². The predicted molar refractivity (Wildman–Crippen MR) is 131 cm³/mol. The van der Waals surface area contributed by atoms with Gasteiger partial charge in [-0.15, -0.1) is 13.2 Å². The molecule has 1 unspecified atom stereocenters. The number of nitrogens with one attached hydrogen (secondary N) is 1. The molecule has 0 spiro atoms. The molecule has 3 aromatic rings. The first-order chi connectivity index (χ1) is 17.9. The molecular weight excluding hydrogens is 509 g/mol. The number of Topliss-reactive ketones (excluding diaryl/α,β-unsaturated/α-hetero) is 1. The van der Waals surface area contributed by atoms with Crippen LogP contribution in [-0.2, 0) is 4.74 Å². The van der Waals surface area contributed by atoms with Gasteiger partial charge in [-0.25, -0.2) is 13.6 Å². The lowest BCUT2D eigenvalue weighted by atomic mass is 9.96. The molecule has 0 aromatic heterocycles. The van der Waals surface area contributed by atoms with E-state index in [0.717, 1.165) is 18.2 Å². The number of benzene rings is 3. The summed E-state index contributed by atoms with van der Waals surface area (Å²) in [6.45, 7) is 3.91. The molecule has 3 rings (SSSR count). The minimum Gasteiger partial charge on any atom is -0.449 e. The van der Waals surface area contributed by atoms with Crippen LogP contribution >= 0.6 is 0 Å². The number of alkyl halides is 3. The number of carbonyl (C=O) groups excluding carboxylic acids is 2. The third-order valence-electron chi connectivity index (χ3n) is 5.48. The van der Waals surface area contributed by atoms with Gasteiger partial charge in [-0.05, 0) is 53.3 Å². The molecule has 0 fully saturated rings. The van der Waals surface area contributed by atoms with Crippen LogP contribution in [0.5, 0.6) is 5.75 Å². The molecule has 38 heavy (non-hydrogen) atoms. The lowest BCUT2D eigenvalue weighted by molar-refractivity contribution is -0.274. The summed E-state index contributed by atoms with van der Waals surface area (Å²) in [4.78, 5) is 24.9. The molecule has 10 heteroatoms. The Kier molecular flexibility index (Phi) is 9.44. The van der Waals surface area contributed by atoms with Crippen LogP contribution in [0, 0.1) is 17.6 Å². The number of halogens is 5. The zero-order valence-corrected chi connectivity index (χ0v) is 20.6. The highest BCUT2D eigenvalue weighted by Gasteiger charge is 2.31. The molecule has 1 atom stereocenters. The number of ketones is 1. The Morgan fingerprint density at radius 3 is 1.95 bits per heavy atom. The molecular formula is C28H26F5NO4. The number of carbonyl (C=O) groups is 2. The smallest absolute Gasteiger partial charge is 0.449 e. The zero-order chi connectivity index (χ0) is 27.9. The van der Waals surface area contributed by atoms with E-state index in [1.54, 1.807) is 24.3 Å². The quantitative estimate of drug-likeness (QED) is 0.214. The molecule has 1 N–H and O–H groups in total. The molecule has 0 saturated carbocycles. The van der Waals surface area contributed by atoms with Gasteiger partial charge in [-0.1, -0.05) is 56.3 Å². The van der Waals surface area contributed by atoms with Crippen molar-refractivity contribution in [1.82, 2.24) is 5.32 Å². The first-order valence-corrected chi connectivity index (χ1v) is 11.8. The Morgan fingerprint density at radius 2 is 1.42 bits per heavy atom. The van der Waals surface area contributed by atoms with Gasteiger partial charge in [0.05, 0.1) is 18.2 Å². The van der Waals surface area contributed by atoms with E-state index >= 15 is 0 Å². The van der Waals surface area contributed by atoms with Crippen LogP contribution in [-0.4, -0.2) is 24.8 Å². The Labute approximate surface area is 216 Å². The molecule has 202 valence electrons. The fourth-order valence-electron chi connectivity index (χ4n) is 3.67. The second kappa shape index (κ2) is 12.5. The number of rotatable bonds is 10. The van der Waals surface area contributed by atoms with Crippen LogP contribution in [0.3, 0.4) is 0 Å². The maximum Gasteiger partial charge on any atom is 0.573 e. The van der Waals surface area contributed by atoms with E-state index in [1.165, 1.54) is 24.3 Å². The third kappa shape index (κ3) is 8.29. The van der Waals surface area contributed by atoms with Gasteiger partial charge in [0.15, 0.2) is 5.78 Å². The van der Waals surface area contributed by atoms with Crippen molar-refractivity contribution in [2.75, 3.05) is 6.61 Å². The molecule has 1 amide bonds. The summed E-state index contributed by atoms with van der Waals surface area (Å²) in [5, 5.41) is 2.69. The molecule has 5 nitrogen and oxygen atoms in total. The van der Waals surface area contributed by atoms with E-state index in [4.69, 9.17) is 4.74 Å². The topological polar surface area (TPSA) is 64.6 Å². The van der Waals surface area contributed by atoms with Crippen molar-refractivity contribution < 1.29 is 41.0 Å². The maximum atomic E-state index is 14.0. The van der Waals surface area contributed by atoms with Crippen LogP contribution in [0.25, 0.3) is 11.1 Å². The van der Waals surface area contributed by atoms with Crippen LogP contribution in [0.4, 0.5) is 26.7 Å². The van der Waals surface area contributed by atoms with Gasteiger partial charge in [-0.2, -0.15) is 0 Å². The van der Waals surface area contributed by atoms with E-state index in [-0.39, 0.29) is 31.1 Å². The van der Waals surface area contributed by atoms with Crippen molar-refractivity contribution in [2.45, 2.75) is 39.1 Å². The van der Waals surface area contributed by atoms with Gasteiger partial charge in [0.25, 0.3) is 0 Å². The third-order valence-corrected chi connectivity index (χ3v) is 5.48. The average Bonchev–Trinajstić information content (AvgIpc) is 2.85. The second-order valence-corrected chi connectivity index (χ2v) is 8.94. The fraction of sp³-hybridized carbons (Fsp3) is 0.286. The molecule has 3 aromatic carbocycles. The first kappa shape index (κ1) is 28.6. The molecule has 0 aliphatic rings. The van der Waals surface area contributed by atoms with Gasteiger partial charge in [-0.3, -0.25) is 4.79 Å². The Hall–Kier alpha value is -3.95. The van der Waals surface area contributed by atoms with E-state index in [9.17, 15) is 31.5 Å². The summed E-state index contributed by atoms with van der Waals surface area (Å²) in [5.74, 6) is -2.94. The van der Waals surface area contributed by atoms with Gasteiger partial charge in [0, 0.05) is 6.42 Å². The van der Waals surface area contributed by atoms with Crippen molar-refractivity contribution in [3.8, 4) is 16.9 Å². The Balaban J connectivity index is 1.77. The number of ether oxygens (including phenoxy) is 2. The lowest BCUT2D eigenvalue weighted by Crippen LogP contribution is -2.30. The van der Waals surface area contributed by atoms with Gasteiger partial charge in [0.1, 0.15) is 17.4 Å². The predicted octanol–water partition coefficient (Wildman–Crippen LogP) is 7.62. The molecule has 0 saturated heterocycles. The van der Waals surface area contributed by atoms with Crippen LogP contribution < -0.4 is 10.1 Å². The van der Waals surface area contributed by atoms with Crippen molar-refractivity contribution in [3.05, 3.63) is 89.5 Å². The second-order valence-electron chi connectivity index (χ2n) is 8.94. The Bertz CT molecular complexity index is 1220. The monoisotopic (exact) mass is 535 g/mol. The minimum absolute atomic E-state index is 0.0339. The molecule has 0 aliphatic carbocycles. The summed E-state index contributed by atoms with van der Waals surface area (Å²) in [6.07, 6.45) is -5.72. The first-order valence-electron chi connectivity index (χ1n) is 11.8. The minimum atomic E-state index is -4.79.